The zero-order valence-electron chi connectivity index (χ0n) is 16.4. The van der Waals surface area contributed by atoms with Crippen LogP contribution in [0.5, 0.6) is 0 Å². The molecule has 0 heterocycles. The fourth-order valence-electron chi connectivity index (χ4n) is 2.79. The van der Waals surface area contributed by atoms with Crippen LogP contribution in [0.15, 0.2) is 12.0 Å². The van der Waals surface area contributed by atoms with Crippen LogP contribution in [0.2, 0.25) is 0 Å². The van der Waals surface area contributed by atoms with Gasteiger partial charge in [0.1, 0.15) is 29.9 Å². The lowest BCUT2D eigenvalue weighted by Gasteiger charge is -2.21. The number of hydrogen-bond donors (Lipinski definition) is 6. The van der Waals surface area contributed by atoms with Gasteiger partial charge in [-0.3, -0.25) is 4.79 Å². The summed E-state index contributed by atoms with van der Waals surface area (Å²) in [6.45, 7) is 7.91. The Morgan fingerprint density at radius 1 is 1.08 bits per heavy atom. The van der Waals surface area contributed by atoms with Gasteiger partial charge in [-0.15, -0.1) is 0 Å². The van der Waals surface area contributed by atoms with Gasteiger partial charge in [0.2, 0.25) is 0 Å². The number of hydrogen-bond acceptors (Lipinski definition) is 7. The van der Waals surface area contributed by atoms with Crippen LogP contribution in [0.3, 0.4) is 0 Å². The van der Waals surface area contributed by atoms with Gasteiger partial charge < -0.3 is 30.8 Å². The molecule has 0 rings (SSSR count). The van der Waals surface area contributed by atoms with Crippen LogP contribution in [0.25, 0.3) is 0 Å². The van der Waals surface area contributed by atoms with E-state index in [1.165, 1.54) is 6.20 Å². The van der Waals surface area contributed by atoms with E-state index in [1.807, 2.05) is 13.8 Å². The van der Waals surface area contributed by atoms with Gasteiger partial charge in [0.15, 0.2) is 0 Å². The van der Waals surface area contributed by atoms with Crippen molar-refractivity contribution in [2.24, 2.45) is 17.8 Å². The van der Waals surface area contributed by atoms with Crippen LogP contribution < -0.4 is 5.32 Å². The minimum absolute atomic E-state index is 0.0407. The summed E-state index contributed by atoms with van der Waals surface area (Å²) in [6.07, 6.45) is -0.326. The monoisotopic (exact) mass is 375 g/mol. The second kappa shape index (κ2) is 13.1. The number of rotatable bonds is 14. The molecule has 0 aromatic heterocycles. The Balaban J connectivity index is 4.25. The van der Waals surface area contributed by atoms with Crippen molar-refractivity contribution in [3.8, 4) is 0 Å². The minimum atomic E-state index is -1.68. The van der Waals surface area contributed by atoms with Crippen molar-refractivity contribution in [3.05, 3.63) is 12.0 Å². The molecule has 7 nitrogen and oxygen atoms in total. The maximum Gasteiger partial charge on any atom is 0.141 e. The summed E-state index contributed by atoms with van der Waals surface area (Å²) in [4.78, 5) is 12.3. The van der Waals surface area contributed by atoms with E-state index in [-0.39, 0.29) is 11.8 Å². The molecule has 0 aliphatic rings. The summed E-state index contributed by atoms with van der Waals surface area (Å²) in [5, 5.41) is 49.6. The van der Waals surface area contributed by atoms with Gasteiger partial charge in [0.25, 0.3) is 0 Å². The summed E-state index contributed by atoms with van der Waals surface area (Å²) >= 11 is 0. The molecule has 4 atom stereocenters. The second-order valence-electron chi connectivity index (χ2n) is 7.59. The van der Waals surface area contributed by atoms with Crippen LogP contribution in [0.4, 0.5) is 0 Å². The maximum absolute atomic E-state index is 12.3. The third-order valence-electron chi connectivity index (χ3n) is 4.31. The summed E-state index contributed by atoms with van der Waals surface area (Å²) in [7, 11) is 0. The van der Waals surface area contributed by atoms with Crippen LogP contribution in [-0.4, -0.2) is 62.8 Å². The minimum Gasteiger partial charge on any atom is -0.508 e. The molecule has 0 spiro atoms. The van der Waals surface area contributed by atoms with Crippen LogP contribution in [-0.2, 0) is 4.79 Å². The van der Waals surface area contributed by atoms with Gasteiger partial charge >= 0.3 is 0 Å². The van der Waals surface area contributed by atoms with Crippen LogP contribution in [0, 0.1) is 17.8 Å². The van der Waals surface area contributed by atoms with E-state index in [1.54, 1.807) is 0 Å². The van der Waals surface area contributed by atoms with E-state index in [4.69, 9.17) is 5.11 Å². The van der Waals surface area contributed by atoms with E-state index in [0.717, 1.165) is 25.7 Å². The Morgan fingerprint density at radius 2 is 1.69 bits per heavy atom. The van der Waals surface area contributed by atoms with Crippen molar-refractivity contribution in [2.75, 3.05) is 13.2 Å². The van der Waals surface area contributed by atoms with E-state index < -0.39 is 30.7 Å². The van der Waals surface area contributed by atoms with E-state index >= 15 is 0 Å². The molecule has 0 amide bonds. The van der Waals surface area contributed by atoms with Crippen molar-refractivity contribution in [3.63, 3.8) is 0 Å². The number of Topliss-reactive ketones (excluding diaryl/α,β-unsaturated/α-hetero) is 1. The van der Waals surface area contributed by atoms with Crippen molar-refractivity contribution in [1.82, 2.24) is 5.32 Å². The molecule has 26 heavy (non-hydrogen) atoms. The highest BCUT2D eigenvalue weighted by atomic mass is 16.4. The first-order chi connectivity index (χ1) is 12.1. The molecule has 0 saturated carbocycles. The average molecular weight is 376 g/mol. The topological polar surface area (TPSA) is 130 Å². The molecule has 0 fully saturated rings. The van der Waals surface area contributed by atoms with E-state index in [0.29, 0.717) is 18.2 Å². The van der Waals surface area contributed by atoms with Crippen molar-refractivity contribution in [1.29, 1.82) is 0 Å². The summed E-state index contributed by atoms with van der Waals surface area (Å²) in [5.74, 6) is 0.388. The zero-order chi connectivity index (χ0) is 20.3. The third kappa shape index (κ3) is 9.52. The SMILES string of the molecule is CC(C)CC(CCCCN/C=C(\O)C(O)C(O)C(O)CO)C(=O)C(C)C. The molecular weight excluding hydrogens is 338 g/mol. The molecule has 6 N–H and O–H groups in total. The average Bonchev–Trinajstić information content (AvgIpc) is 2.59. The molecule has 0 aliphatic heterocycles. The first-order valence-corrected chi connectivity index (χ1v) is 9.42. The highest BCUT2D eigenvalue weighted by molar-refractivity contribution is 5.82. The summed E-state index contributed by atoms with van der Waals surface area (Å²) in [6, 6.07) is 0. The quantitative estimate of drug-likeness (QED) is 0.198. The number of carbonyl (C=O) groups excluding carboxylic acids is 1. The lowest BCUT2D eigenvalue weighted by molar-refractivity contribution is -0.126. The number of aliphatic hydroxyl groups excluding tert-OH is 5. The molecule has 4 unspecified atom stereocenters. The molecule has 0 radical (unpaired) electrons. The van der Waals surface area contributed by atoms with Crippen molar-refractivity contribution >= 4 is 5.78 Å². The van der Waals surface area contributed by atoms with Gasteiger partial charge in [0.05, 0.1) is 6.61 Å². The van der Waals surface area contributed by atoms with E-state index in [2.05, 4.69) is 19.2 Å². The normalized spacial score (nSPS) is 17.2. The Hall–Kier alpha value is -1.15. The number of nitrogens with one attached hydrogen (secondary N) is 1. The third-order valence-corrected chi connectivity index (χ3v) is 4.31. The summed E-state index contributed by atoms with van der Waals surface area (Å²) < 4.78 is 0. The van der Waals surface area contributed by atoms with Crippen LogP contribution >= 0.6 is 0 Å². The molecule has 0 aliphatic carbocycles. The first-order valence-electron chi connectivity index (χ1n) is 9.42. The molecule has 0 bridgehead atoms. The Labute approximate surface area is 156 Å². The predicted molar refractivity (Wildman–Crippen MR) is 100 cm³/mol. The van der Waals surface area contributed by atoms with E-state index in [9.17, 15) is 25.2 Å². The van der Waals surface area contributed by atoms with Crippen molar-refractivity contribution < 1.29 is 30.3 Å². The zero-order valence-corrected chi connectivity index (χ0v) is 16.4. The lowest BCUT2D eigenvalue weighted by Crippen LogP contribution is -2.40. The number of carbonyl (C=O) groups is 1. The number of aliphatic hydroxyl groups is 5. The molecule has 0 saturated heterocycles. The first kappa shape index (κ1) is 24.8. The van der Waals surface area contributed by atoms with Gasteiger partial charge in [0, 0.05) is 24.6 Å². The molecule has 154 valence electrons. The highest BCUT2D eigenvalue weighted by Gasteiger charge is 2.27. The lowest BCUT2D eigenvalue weighted by atomic mass is 9.84. The smallest absolute Gasteiger partial charge is 0.141 e. The largest absolute Gasteiger partial charge is 0.508 e. The fraction of sp³-hybridized carbons (Fsp3) is 0.842. The molecule has 0 aromatic carbocycles. The fourth-order valence-corrected chi connectivity index (χ4v) is 2.79. The van der Waals surface area contributed by atoms with Gasteiger partial charge in [-0.2, -0.15) is 0 Å². The number of ketones is 1. The second-order valence-corrected chi connectivity index (χ2v) is 7.59. The van der Waals surface area contributed by atoms with Crippen LogP contribution in [0.1, 0.15) is 53.4 Å². The predicted octanol–water partition coefficient (Wildman–Crippen LogP) is 1.11. The number of unbranched alkanes of at least 4 members (excludes halogenated alkanes) is 1. The van der Waals surface area contributed by atoms with Gasteiger partial charge in [-0.25, -0.2) is 0 Å². The molecular formula is C19H37NO6. The standard InChI is InChI=1S/C19H37NO6/c1-12(2)9-14(17(24)13(3)4)7-5-6-8-20-10-15(22)18(25)19(26)16(23)11-21/h10,12-14,16,18-23,25-26H,5-9,11H2,1-4H3/b15-10-. The van der Waals surface area contributed by atoms with Gasteiger partial charge in [-0.05, 0) is 25.2 Å². The summed E-state index contributed by atoms with van der Waals surface area (Å²) in [5.41, 5.74) is 0. The Kier molecular flexibility index (Phi) is 12.5. The van der Waals surface area contributed by atoms with Gasteiger partial charge in [-0.1, -0.05) is 34.1 Å². The maximum atomic E-state index is 12.3. The van der Waals surface area contributed by atoms with Crippen molar-refractivity contribution in [2.45, 2.75) is 71.7 Å². The Morgan fingerprint density at radius 3 is 2.19 bits per heavy atom. The molecule has 0 aromatic rings. The molecule has 7 heteroatoms. The Bertz CT molecular complexity index is 424. The highest BCUT2D eigenvalue weighted by Crippen LogP contribution is 2.22.